The predicted octanol–water partition coefficient (Wildman–Crippen LogP) is 3.03. The second-order valence-electron chi connectivity index (χ2n) is 1.86. The van der Waals surface area contributed by atoms with E-state index in [1.54, 1.807) is 12.4 Å². The van der Waals surface area contributed by atoms with Crippen molar-refractivity contribution in [3.05, 3.63) is 31.0 Å². The van der Waals surface area contributed by atoms with Crippen molar-refractivity contribution in [1.82, 2.24) is 9.55 Å². The molecule has 0 saturated heterocycles. The Kier molecular flexibility index (Phi) is 12.5. The minimum absolute atomic E-state index is 0.833. The fourth-order valence-corrected chi connectivity index (χ4v) is 0.621. The van der Waals surface area contributed by atoms with E-state index in [0.717, 1.165) is 5.82 Å². The Balaban J connectivity index is 0. The van der Waals surface area contributed by atoms with Crippen LogP contribution in [0.15, 0.2) is 30.2 Å². The van der Waals surface area contributed by atoms with Crippen LogP contribution >= 0.6 is 0 Å². The summed E-state index contributed by atoms with van der Waals surface area (Å²) in [5.41, 5.74) is 0. The van der Waals surface area contributed by atoms with Crippen molar-refractivity contribution in [3.63, 3.8) is 0 Å². The van der Waals surface area contributed by atoms with Gasteiger partial charge in [-0.05, 0) is 0 Å². The van der Waals surface area contributed by atoms with Gasteiger partial charge in [-0.2, -0.15) is 0 Å². The fourth-order valence-electron chi connectivity index (χ4n) is 0.621. The van der Waals surface area contributed by atoms with Gasteiger partial charge in [0.05, 0.1) is 6.21 Å². The zero-order valence-corrected chi connectivity index (χ0v) is 9.86. The molecule has 0 fully saturated rings. The number of hydrogen-bond donors (Lipinski definition) is 0. The molecule has 0 unspecified atom stereocenters. The van der Waals surface area contributed by atoms with Gasteiger partial charge in [-0.15, -0.1) is 0 Å². The first kappa shape index (κ1) is 15.1. The molecule has 1 rings (SSSR count). The maximum Gasteiger partial charge on any atom is 0.150 e. The summed E-state index contributed by atoms with van der Waals surface area (Å²) in [5.74, 6) is 0.833. The molecule has 3 nitrogen and oxygen atoms in total. The Hall–Kier alpha value is -1.38. The highest BCUT2D eigenvalue weighted by Gasteiger charge is 1.90. The van der Waals surface area contributed by atoms with Crippen LogP contribution in [0.25, 0.3) is 0 Å². The molecule has 0 aromatic carbocycles. The third kappa shape index (κ3) is 6.17. The van der Waals surface area contributed by atoms with Crippen LogP contribution in [0.2, 0.25) is 0 Å². The maximum atomic E-state index is 4.02. The number of aromatic nitrogens is 2. The van der Waals surface area contributed by atoms with Crippen LogP contribution < -0.4 is 0 Å². The van der Waals surface area contributed by atoms with Crippen LogP contribution in [0, 0.1) is 0 Å². The molecule has 0 spiro atoms. The number of aryl methyl sites for hydroxylation is 1. The lowest BCUT2D eigenvalue weighted by Gasteiger charge is -1.89. The highest BCUT2D eigenvalue weighted by atomic mass is 15.0. The Morgan fingerprint density at radius 3 is 2.29 bits per heavy atom. The molecule has 14 heavy (non-hydrogen) atoms. The molecule has 1 aromatic rings. The average Bonchev–Trinajstić information content (AvgIpc) is 2.67. The first-order chi connectivity index (χ1) is 6.84. The van der Waals surface area contributed by atoms with E-state index in [2.05, 4.69) is 16.6 Å². The summed E-state index contributed by atoms with van der Waals surface area (Å²) in [5, 5.41) is 0. The molecule has 0 amide bonds. The van der Waals surface area contributed by atoms with E-state index in [-0.39, 0.29) is 0 Å². The van der Waals surface area contributed by atoms with E-state index in [0.29, 0.717) is 0 Å². The van der Waals surface area contributed by atoms with Gasteiger partial charge in [-0.25, -0.2) is 4.98 Å². The van der Waals surface area contributed by atoms with E-state index >= 15 is 0 Å². The molecule has 0 aliphatic carbocycles. The van der Waals surface area contributed by atoms with Crippen LogP contribution in [0.4, 0.5) is 0 Å². The highest BCUT2D eigenvalue weighted by Crippen LogP contribution is 1.88. The van der Waals surface area contributed by atoms with E-state index in [9.17, 15) is 0 Å². The third-order valence-corrected chi connectivity index (χ3v) is 1.15. The van der Waals surface area contributed by atoms with E-state index < -0.39 is 0 Å². The summed E-state index contributed by atoms with van der Waals surface area (Å²) in [7, 11) is 1.91. The monoisotopic (exact) mass is 195 g/mol. The maximum absolute atomic E-state index is 4.02. The van der Waals surface area contributed by atoms with E-state index in [4.69, 9.17) is 0 Å². The molecule has 1 heterocycles. The Labute approximate surface area is 87.2 Å². The molecule has 80 valence electrons. The third-order valence-electron chi connectivity index (χ3n) is 1.15. The molecule has 0 atom stereocenters. The topological polar surface area (TPSA) is 30.2 Å². The number of imidazole rings is 1. The lowest BCUT2D eigenvalue weighted by Crippen LogP contribution is -1.93. The van der Waals surface area contributed by atoms with Gasteiger partial charge in [-0.3, -0.25) is 4.99 Å². The Bertz CT molecular complexity index is 249. The van der Waals surface area contributed by atoms with Crippen molar-refractivity contribution in [2.45, 2.75) is 27.7 Å². The first-order valence-electron chi connectivity index (χ1n) is 4.96. The lowest BCUT2D eigenvalue weighted by atomic mass is 10.6. The minimum Gasteiger partial charge on any atom is -0.333 e. The van der Waals surface area contributed by atoms with Gasteiger partial charge in [0, 0.05) is 25.6 Å². The molecule has 0 saturated carbocycles. The molecule has 0 N–H and O–H groups in total. The van der Waals surface area contributed by atoms with E-state index in [1.807, 2.05) is 45.5 Å². The molecular formula is C11H21N3. The van der Waals surface area contributed by atoms with Crippen molar-refractivity contribution in [3.8, 4) is 0 Å². The molecular weight excluding hydrogens is 174 g/mol. The number of rotatable bonds is 2. The van der Waals surface area contributed by atoms with Gasteiger partial charge in [0.25, 0.3) is 0 Å². The normalized spacial score (nSPS) is 8.36. The molecule has 0 aliphatic heterocycles. The van der Waals surface area contributed by atoms with Crippen LogP contribution in [0.3, 0.4) is 0 Å². The van der Waals surface area contributed by atoms with Crippen LogP contribution in [-0.2, 0) is 7.05 Å². The fraction of sp³-hybridized carbons (Fsp3) is 0.455. The van der Waals surface area contributed by atoms with E-state index in [1.165, 1.54) is 6.20 Å². The van der Waals surface area contributed by atoms with Crippen molar-refractivity contribution in [1.29, 1.82) is 0 Å². The predicted molar refractivity (Wildman–Crippen MR) is 63.7 cm³/mol. The number of aliphatic imine (C=N–C) groups is 1. The van der Waals surface area contributed by atoms with Gasteiger partial charge in [0.1, 0.15) is 0 Å². The van der Waals surface area contributed by atoms with Gasteiger partial charge >= 0.3 is 0 Å². The Morgan fingerprint density at radius 2 is 1.93 bits per heavy atom. The largest absolute Gasteiger partial charge is 0.333 e. The van der Waals surface area contributed by atoms with Crippen molar-refractivity contribution in [2.24, 2.45) is 12.0 Å². The second-order valence-corrected chi connectivity index (χ2v) is 1.86. The molecule has 0 radical (unpaired) electrons. The quantitative estimate of drug-likeness (QED) is 0.667. The number of nitrogens with zero attached hydrogens (tertiary/aromatic N) is 3. The smallest absolute Gasteiger partial charge is 0.150 e. The van der Waals surface area contributed by atoms with Gasteiger partial charge in [0.15, 0.2) is 5.82 Å². The SMILES string of the molecule is C=CN=Cc1nccn1C.CC.CC. The molecule has 1 aromatic heterocycles. The zero-order chi connectivity index (χ0) is 11.4. The summed E-state index contributed by atoms with van der Waals surface area (Å²) >= 11 is 0. The van der Waals surface area contributed by atoms with Gasteiger partial charge in [0.2, 0.25) is 0 Å². The molecule has 3 heteroatoms. The van der Waals surface area contributed by atoms with Crippen LogP contribution in [-0.4, -0.2) is 15.8 Å². The number of hydrogen-bond acceptors (Lipinski definition) is 2. The standard InChI is InChI=1S/C7H9N3.2C2H6/c1-3-8-6-7-9-4-5-10(7)2;2*1-2/h3-6H,1H2,2H3;2*1-2H3. The lowest BCUT2D eigenvalue weighted by molar-refractivity contribution is 0.902. The second kappa shape index (κ2) is 11.6. The Morgan fingerprint density at radius 1 is 1.36 bits per heavy atom. The van der Waals surface area contributed by atoms with Crippen molar-refractivity contribution in [2.75, 3.05) is 0 Å². The van der Waals surface area contributed by atoms with Gasteiger partial charge in [-0.1, -0.05) is 34.3 Å². The minimum atomic E-state index is 0.833. The average molecular weight is 195 g/mol. The zero-order valence-electron chi connectivity index (χ0n) is 9.86. The summed E-state index contributed by atoms with van der Waals surface area (Å²) in [6, 6.07) is 0. The molecule has 0 bridgehead atoms. The summed E-state index contributed by atoms with van der Waals surface area (Å²) in [6.45, 7) is 11.5. The van der Waals surface area contributed by atoms with Crippen LogP contribution in [0.5, 0.6) is 0 Å². The van der Waals surface area contributed by atoms with Crippen molar-refractivity contribution < 1.29 is 0 Å². The highest BCUT2D eigenvalue weighted by molar-refractivity contribution is 5.75. The molecule has 0 aliphatic rings. The summed E-state index contributed by atoms with van der Waals surface area (Å²) in [6.07, 6.45) is 6.73. The summed E-state index contributed by atoms with van der Waals surface area (Å²) in [4.78, 5) is 7.85. The van der Waals surface area contributed by atoms with Gasteiger partial charge < -0.3 is 4.57 Å². The van der Waals surface area contributed by atoms with Crippen molar-refractivity contribution >= 4 is 6.21 Å². The van der Waals surface area contributed by atoms with Crippen LogP contribution in [0.1, 0.15) is 33.5 Å². The summed E-state index contributed by atoms with van der Waals surface area (Å²) < 4.78 is 1.88. The first-order valence-corrected chi connectivity index (χ1v) is 4.96.